The van der Waals surface area contributed by atoms with Gasteiger partial charge in [0.05, 0.1) is 25.2 Å². The van der Waals surface area contributed by atoms with Gasteiger partial charge in [-0.25, -0.2) is 0 Å². The summed E-state index contributed by atoms with van der Waals surface area (Å²) in [6, 6.07) is 10.6. The van der Waals surface area contributed by atoms with Gasteiger partial charge in [0.15, 0.2) is 0 Å². The van der Waals surface area contributed by atoms with E-state index in [1.807, 2.05) is 30.0 Å². The van der Waals surface area contributed by atoms with E-state index in [1.54, 1.807) is 0 Å². The first-order valence-corrected chi connectivity index (χ1v) is 9.63. The van der Waals surface area contributed by atoms with E-state index in [0.717, 1.165) is 19.5 Å². The highest BCUT2D eigenvalue weighted by atomic mass is 32.2. The lowest BCUT2D eigenvalue weighted by Crippen LogP contribution is -2.52. The van der Waals surface area contributed by atoms with Gasteiger partial charge in [0, 0.05) is 36.9 Å². The van der Waals surface area contributed by atoms with E-state index >= 15 is 0 Å². The molecule has 124 valence electrons. The van der Waals surface area contributed by atoms with Crippen molar-refractivity contribution in [3.63, 3.8) is 0 Å². The molecule has 5 heteroatoms. The lowest BCUT2D eigenvalue weighted by atomic mass is 9.93. The van der Waals surface area contributed by atoms with Crippen molar-refractivity contribution in [1.29, 1.82) is 0 Å². The molecule has 3 aliphatic rings. The molecule has 1 aliphatic carbocycles. The number of thioether (sulfide) groups is 1. The van der Waals surface area contributed by atoms with Crippen molar-refractivity contribution in [2.45, 2.75) is 37.7 Å². The fourth-order valence-electron chi connectivity index (χ4n) is 4.17. The largest absolute Gasteiger partial charge is 0.461 e. The fraction of sp³-hybridized carbons (Fsp3) is 0.611. The molecule has 23 heavy (non-hydrogen) atoms. The van der Waals surface area contributed by atoms with Gasteiger partial charge in [-0.3, -0.25) is 9.69 Å². The van der Waals surface area contributed by atoms with Crippen LogP contribution in [0.25, 0.3) is 0 Å². The van der Waals surface area contributed by atoms with Crippen LogP contribution in [0.15, 0.2) is 30.3 Å². The second-order valence-electron chi connectivity index (χ2n) is 6.61. The molecule has 1 aromatic rings. The number of carbonyl (C=O) groups excluding carboxylic acids is 1. The summed E-state index contributed by atoms with van der Waals surface area (Å²) in [5.41, 5.74) is 1.19. The van der Waals surface area contributed by atoms with E-state index in [0.29, 0.717) is 19.1 Å². The van der Waals surface area contributed by atoms with Crippen molar-refractivity contribution in [3.8, 4) is 0 Å². The molecule has 1 unspecified atom stereocenters. The third-order valence-electron chi connectivity index (χ3n) is 5.22. The summed E-state index contributed by atoms with van der Waals surface area (Å²) < 4.78 is 11.9. The lowest BCUT2D eigenvalue weighted by Gasteiger charge is -2.40. The average molecular weight is 333 g/mol. The second-order valence-corrected chi connectivity index (χ2v) is 7.83. The molecule has 1 aromatic carbocycles. The zero-order chi connectivity index (χ0) is 15.6. The Hall–Kier alpha value is -1.04. The number of hydrogen-bond acceptors (Lipinski definition) is 5. The molecule has 0 N–H and O–H groups in total. The van der Waals surface area contributed by atoms with Gasteiger partial charge in [-0.15, -0.1) is 0 Å². The van der Waals surface area contributed by atoms with Crippen LogP contribution in [-0.2, 0) is 20.9 Å². The minimum absolute atomic E-state index is 0.0186. The maximum atomic E-state index is 11.9. The second kappa shape index (κ2) is 6.83. The number of ether oxygens (including phenoxy) is 2. The first-order valence-electron chi connectivity index (χ1n) is 8.48. The summed E-state index contributed by atoms with van der Waals surface area (Å²) in [7, 11) is 0. The van der Waals surface area contributed by atoms with E-state index in [2.05, 4.69) is 17.0 Å². The van der Waals surface area contributed by atoms with Crippen LogP contribution in [-0.4, -0.2) is 53.7 Å². The monoisotopic (exact) mass is 333 g/mol. The smallest absolute Gasteiger partial charge is 0.306 e. The van der Waals surface area contributed by atoms with Gasteiger partial charge in [-0.05, 0) is 5.56 Å². The van der Waals surface area contributed by atoms with Crippen LogP contribution >= 0.6 is 11.8 Å². The normalized spacial score (nSPS) is 34.3. The summed E-state index contributed by atoms with van der Waals surface area (Å²) in [5.74, 6) is 2.60. The molecule has 4 rings (SSSR count). The fourth-order valence-corrected chi connectivity index (χ4v) is 5.10. The first kappa shape index (κ1) is 15.5. The van der Waals surface area contributed by atoms with Gasteiger partial charge < -0.3 is 9.47 Å². The summed E-state index contributed by atoms with van der Waals surface area (Å²) in [5, 5.41) is 0. The van der Waals surface area contributed by atoms with Crippen LogP contribution in [0.4, 0.5) is 0 Å². The predicted octanol–water partition coefficient (Wildman–Crippen LogP) is 2.32. The topological polar surface area (TPSA) is 38.8 Å². The highest BCUT2D eigenvalue weighted by Gasteiger charge is 2.52. The van der Waals surface area contributed by atoms with Crippen LogP contribution in [0.3, 0.4) is 0 Å². The summed E-state index contributed by atoms with van der Waals surface area (Å²) in [6.45, 7) is 2.82. The minimum atomic E-state index is -0.0477. The van der Waals surface area contributed by atoms with Crippen molar-refractivity contribution < 1.29 is 14.3 Å². The maximum Gasteiger partial charge on any atom is 0.306 e. The Morgan fingerprint density at radius 1 is 1.22 bits per heavy atom. The van der Waals surface area contributed by atoms with Crippen molar-refractivity contribution in [2.75, 3.05) is 24.6 Å². The molecular weight excluding hydrogens is 310 g/mol. The van der Waals surface area contributed by atoms with Crippen LogP contribution in [0.5, 0.6) is 0 Å². The van der Waals surface area contributed by atoms with Gasteiger partial charge in [0.25, 0.3) is 0 Å². The summed E-state index contributed by atoms with van der Waals surface area (Å²) in [6.07, 6.45) is 1.50. The zero-order valence-corrected chi connectivity index (χ0v) is 14.0. The molecule has 2 saturated heterocycles. The Morgan fingerprint density at radius 3 is 2.78 bits per heavy atom. The number of fused-ring (bicyclic) bond motifs is 2. The molecule has 4 nitrogen and oxygen atoms in total. The number of esters is 1. The Kier molecular flexibility index (Phi) is 4.60. The molecule has 0 spiro atoms. The molecule has 0 amide bonds. The minimum Gasteiger partial charge on any atom is -0.461 e. The molecule has 0 radical (unpaired) electrons. The van der Waals surface area contributed by atoms with Crippen LogP contribution in [0, 0.1) is 5.92 Å². The predicted molar refractivity (Wildman–Crippen MR) is 90.3 cm³/mol. The first-order chi connectivity index (χ1) is 11.3. The molecule has 4 atom stereocenters. The van der Waals surface area contributed by atoms with E-state index in [-0.39, 0.29) is 24.1 Å². The van der Waals surface area contributed by atoms with Gasteiger partial charge in [0.1, 0.15) is 6.10 Å². The molecule has 0 aromatic heterocycles. The Balaban J connectivity index is 1.45. The Bertz CT molecular complexity index is 546. The molecule has 1 saturated carbocycles. The number of benzene rings is 1. The molecule has 2 aliphatic heterocycles. The lowest BCUT2D eigenvalue weighted by molar-refractivity contribution is -0.159. The maximum absolute atomic E-state index is 11.9. The standard InChI is InChI=1S/C18H23NO3S/c20-17-10-14-15(21-12-13-4-2-1-3-5-13)11-16(22-17)18(14)19-6-8-23-9-7-19/h1-5,14-16,18H,6-12H2/t14-,15-,16+,18?/m1/s1. The third kappa shape index (κ3) is 3.28. The highest BCUT2D eigenvalue weighted by molar-refractivity contribution is 7.99. The quantitative estimate of drug-likeness (QED) is 0.791. The van der Waals surface area contributed by atoms with Crippen molar-refractivity contribution in [3.05, 3.63) is 35.9 Å². The van der Waals surface area contributed by atoms with Crippen LogP contribution in [0.1, 0.15) is 18.4 Å². The van der Waals surface area contributed by atoms with Gasteiger partial charge in [-0.1, -0.05) is 30.3 Å². The van der Waals surface area contributed by atoms with Gasteiger partial charge >= 0.3 is 5.97 Å². The van der Waals surface area contributed by atoms with Crippen molar-refractivity contribution in [2.24, 2.45) is 5.92 Å². The number of nitrogens with zero attached hydrogens (tertiary/aromatic N) is 1. The Labute approximate surface area is 141 Å². The summed E-state index contributed by atoms with van der Waals surface area (Å²) in [4.78, 5) is 14.4. The molecule has 2 bridgehead atoms. The van der Waals surface area contributed by atoms with Gasteiger partial charge in [0.2, 0.25) is 0 Å². The number of hydrogen-bond donors (Lipinski definition) is 0. The number of rotatable bonds is 4. The van der Waals surface area contributed by atoms with E-state index in [4.69, 9.17) is 9.47 Å². The molecule has 2 heterocycles. The molecular formula is C18H23NO3S. The zero-order valence-electron chi connectivity index (χ0n) is 13.2. The van der Waals surface area contributed by atoms with E-state index in [9.17, 15) is 4.79 Å². The van der Waals surface area contributed by atoms with Crippen LogP contribution in [0.2, 0.25) is 0 Å². The van der Waals surface area contributed by atoms with Gasteiger partial charge in [-0.2, -0.15) is 11.8 Å². The highest BCUT2D eigenvalue weighted by Crippen LogP contribution is 2.41. The molecule has 3 fully saturated rings. The summed E-state index contributed by atoms with van der Waals surface area (Å²) >= 11 is 2.01. The van der Waals surface area contributed by atoms with Crippen LogP contribution < -0.4 is 0 Å². The van der Waals surface area contributed by atoms with Crippen molar-refractivity contribution in [1.82, 2.24) is 4.90 Å². The Morgan fingerprint density at radius 2 is 2.00 bits per heavy atom. The third-order valence-corrected chi connectivity index (χ3v) is 6.16. The van der Waals surface area contributed by atoms with Crippen molar-refractivity contribution >= 4 is 17.7 Å². The SMILES string of the molecule is O=C1C[C@H]2C(N3CCSCC3)[C@H](C[C@H]2OCc2ccccc2)O1. The van der Waals surface area contributed by atoms with E-state index < -0.39 is 0 Å². The number of carbonyl (C=O) groups is 1. The average Bonchev–Trinajstić information content (AvgIpc) is 2.82. The van der Waals surface area contributed by atoms with E-state index in [1.165, 1.54) is 17.1 Å².